The summed E-state index contributed by atoms with van der Waals surface area (Å²) >= 11 is 0. The van der Waals surface area contributed by atoms with Crippen molar-refractivity contribution in [2.45, 2.75) is 19.0 Å². The lowest BCUT2D eigenvalue weighted by atomic mass is 10.1. The lowest BCUT2D eigenvalue weighted by Crippen LogP contribution is -2.40. The maximum Gasteiger partial charge on any atom is 0.254 e. The molecule has 0 aliphatic carbocycles. The number of ether oxygens (including phenoxy) is 1. The van der Waals surface area contributed by atoms with E-state index in [1.165, 1.54) is 18.1 Å². The maximum atomic E-state index is 14.1. The van der Waals surface area contributed by atoms with Crippen LogP contribution in [0.5, 0.6) is 5.75 Å². The molecule has 2 aromatic rings. The van der Waals surface area contributed by atoms with Gasteiger partial charge in [-0.3, -0.25) is 4.79 Å². The fourth-order valence-corrected chi connectivity index (χ4v) is 4.85. The van der Waals surface area contributed by atoms with Crippen LogP contribution in [0, 0.1) is 5.82 Å². The number of sulfone groups is 1. The predicted octanol–water partition coefficient (Wildman–Crippen LogP) is 2.66. The normalized spacial score (nSPS) is 18.5. The van der Waals surface area contributed by atoms with Gasteiger partial charge < -0.3 is 9.64 Å². The minimum atomic E-state index is -3.18. The van der Waals surface area contributed by atoms with Gasteiger partial charge in [-0.2, -0.15) is 0 Å². The number of benzene rings is 2. The van der Waals surface area contributed by atoms with Crippen LogP contribution in [0.25, 0.3) is 0 Å². The highest BCUT2D eigenvalue weighted by Crippen LogP contribution is 2.24. The van der Waals surface area contributed by atoms with Crippen LogP contribution >= 0.6 is 0 Å². The van der Waals surface area contributed by atoms with Crippen molar-refractivity contribution in [1.82, 2.24) is 4.90 Å². The molecule has 1 heterocycles. The van der Waals surface area contributed by atoms with E-state index in [1.807, 2.05) is 0 Å². The molecule has 1 fully saturated rings. The van der Waals surface area contributed by atoms with Crippen molar-refractivity contribution in [2.75, 3.05) is 18.6 Å². The Bertz CT molecular complexity index is 913. The molecular formula is C19H20FNO4S. The van der Waals surface area contributed by atoms with Crippen molar-refractivity contribution in [3.8, 4) is 5.75 Å². The molecule has 26 heavy (non-hydrogen) atoms. The first-order valence-electron chi connectivity index (χ1n) is 8.28. The maximum absolute atomic E-state index is 14.1. The van der Waals surface area contributed by atoms with Gasteiger partial charge in [-0.25, -0.2) is 12.8 Å². The summed E-state index contributed by atoms with van der Waals surface area (Å²) in [7, 11) is -1.68. The molecule has 3 rings (SSSR count). The molecule has 0 radical (unpaired) electrons. The number of amides is 1. The van der Waals surface area contributed by atoms with Gasteiger partial charge in [-0.1, -0.05) is 24.3 Å². The zero-order chi connectivity index (χ0) is 18.7. The van der Waals surface area contributed by atoms with E-state index in [2.05, 4.69) is 0 Å². The van der Waals surface area contributed by atoms with Crippen molar-refractivity contribution in [3.05, 3.63) is 65.5 Å². The zero-order valence-corrected chi connectivity index (χ0v) is 15.2. The molecule has 0 spiro atoms. The van der Waals surface area contributed by atoms with E-state index in [4.69, 9.17) is 4.74 Å². The predicted molar refractivity (Wildman–Crippen MR) is 96.3 cm³/mol. The molecule has 0 unspecified atom stereocenters. The first-order chi connectivity index (χ1) is 12.4. The summed E-state index contributed by atoms with van der Waals surface area (Å²) in [5.74, 6) is -0.291. The fraction of sp³-hybridized carbons (Fsp3) is 0.316. The molecule has 1 atom stereocenters. The minimum absolute atomic E-state index is 0.0168. The van der Waals surface area contributed by atoms with Gasteiger partial charge in [0.05, 0.1) is 18.6 Å². The standard InChI is InChI=1S/C19H20FNO4S/c1-25-17-7-4-6-14(11-17)19(22)21(16-9-10-26(23,24)13-16)12-15-5-2-3-8-18(15)20/h2-8,11,16H,9-10,12-13H2,1H3/t16-/m0/s1. The third-order valence-corrected chi connectivity index (χ3v) is 6.28. The molecule has 1 aliphatic rings. The summed E-state index contributed by atoms with van der Waals surface area (Å²) in [5, 5.41) is 0. The van der Waals surface area contributed by atoms with Crippen LogP contribution < -0.4 is 4.74 Å². The molecule has 0 bridgehead atoms. The van der Waals surface area contributed by atoms with E-state index in [0.717, 1.165) is 0 Å². The van der Waals surface area contributed by atoms with Gasteiger partial charge in [0, 0.05) is 23.7 Å². The Morgan fingerprint density at radius 3 is 2.65 bits per heavy atom. The molecule has 0 aromatic heterocycles. The molecule has 0 N–H and O–H groups in total. The summed E-state index contributed by atoms with van der Waals surface area (Å²) in [6.07, 6.45) is 0.354. The van der Waals surface area contributed by atoms with Gasteiger partial charge in [0.15, 0.2) is 9.84 Å². The first-order valence-corrected chi connectivity index (χ1v) is 10.1. The van der Waals surface area contributed by atoms with Crippen molar-refractivity contribution >= 4 is 15.7 Å². The highest BCUT2D eigenvalue weighted by atomic mass is 32.2. The lowest BCUT2D eigenvalue weighted by molar-refractivity contribution is 0.0678. The second kappa shape index (κ2) is 7.45. The second-order valence-corrected chi connectivity index (χ2v) is 8.54. The van der Waals surface area contributed by atoms with E-state index >= 15 is 0 Å². The lowest BCUT2D eigenvalue weighted by Gasteiger charge is -2.29. The van der Waals surface area contributed by atoms with Gasteiger partial charge in [0.2, 0.25) is 0 Å². The van der Waals surface area contributed by atoms with Gasteiger partial charge in [-0.15, -0.1) is 0 Å². The Hall–Kier alpha value is -2.41. The highest BCUT2D eigenvalue weighted by molar-refractivity contribution is 7.91. The number of methoxy groups -OCH3 is 1. The second-order valence-electron chi connectivity index (χ2n) is 6.31. The molecule has 1 amide bonds. The summed E-state index contributed by atoms with van der Waals surface area (Å²) in [6.45, 7) is 0.0168. The molecule has 2 aromatic carbocycles. The van der Waals surface area contributed by atoms with Gasteiger partial charge in [0.25, 0.3) is 5.91 Å². The van der Waals surface area contributed by atoms with Crippen LogP contribution in [0.1, 0.15) is 22.3 Å². The number of carbonyl (C=O) groups excluding carboxylic acids is 1. The van der Waals surface area contributed by atoms with Gasteiger partial charge >= 0.3 is 0 Å². The van der Waals surface area contributed by atoms with E-state index in [-0.39, 0.29) is 24.0 Å². The first kappa shape index (κ1) is 18.4. The van der Waals surface area contributed by atoms with Crippen LogP contribution in [0.4, 0.5) is 4.39 Å². The Labute approximate surface area is 152 Å². The molecular weight excluding hydrogens is 357 g/mol. The Balaban J connectivity index is 1.94. The number of halogens is 1. The minimum Gasteiger partial charge on any atom is -0.497 e. The third kappa shape index (κ3) is 4.04. The number of carbonyl (C=O) groups is 1. The van der Waals surface area contributed by atoms with Crippen LogP contribution in [0.15, 0.2) is 48.5 Å². The molecule has 5 nitrogen and oxygen atoms in total. The summed E-state index contributed by atoms with van der Waals surface area (Å²) < 4.78 is 43.0. The van der Waals surface area contributed by atoms with E-state index in [1.54, 1.807) is 42.5 Å². The van der Waals surface area contributed by atoms with Crippen LogP contribution in [0.3, 0.4) is 0 Å². The van der Waals surface area contributed by atoms with E-state index in [9.17, 15) is 17.6 Å². The average Bonchev–Trinajstić information content (AvgIpc) is 3.00. The van der Waals surface area contributed by atoms with E-state index < -0.39 is 21.7 Å². The molecule has 7 heteroatoms. The Morgan fingerprint density at radius 1 is 1.23 bits per heavy atom. The van der Waals surface area contributed by atoms with E-state index in [0.29, 0.717) is 23.3 Å². The zero-order valence-electron chi connectivity index (χ0n) is 14.4. The molecule has 1 aliphatic heterocycles. The molecule has 1 saturated heterocycles. The van der Waals surface area contributed by atoms with Crippen LogP contribution in [-0.2, 0) is 16.4 Å². The monoisotopic (exact) mass is 377 g/mol. The number of rotatable bonds is 5. The highest BCUT2D eigenvalue weighted by Gasteiger charge is 2.35. The van der Waals surface area contributed by atoms with Crippen LogP contribution in [0.2, 0.25) is 0 Å². The average molecular weight is 377 g/mol. The van der Waals surface area contributed by atoms with Crippen molar-refractivity contribution in [2.24, 2.45) is 0 Å². The quantitative estimate of drug-likeness (QED) is 0.804. The molecule has 0 saturated carbocycles. The topological polar surface area (TPSA) is 63.7 Å². The Morgan fingerprint density at radius 2 is 2.00 bits per heavy atom. The van der Waals surface area contributed by atoms with Gasteiger partial charge in [0.1, 0.15) is 11.6 Å². The largest absolute Gasteiger partial charge is 0.497 e. The summed E-state index contributed by atoms with van der Waals surface area (Å²) in [5.41, 5.74) is 0.734. The number of hydrogen-bond acceptors (Lipinski definition) is 4. The van der Waals surface area contributed by atoms with Crippen LogP contribution in [-0.4, -0.2) is 43.9 Å². The fourth-order valence-electron chi connectivity index (χ4n) is 3.12. The van der Waals surface area contributed by atoms with Crippen molar-refractivity contribution in [1.29, 1.82) is 0 Å². The number of hydrogen-bond donors (Lipinski definition) is 0. The number of nitrogens with zero attached hydrogens (tertiary/aromatic N) is 1. The summed E-state index contributed by atoms with van der Waals surface area (Å²) in [4.78, 5) is 14.5. The molecule has 138 valence electrons. The SMILES string of the molecule is COc1cccc(C(=O)N(Cc2ccccc2F)[C@H]2CCS(=O)(=O)C2)c1. The Kier molecular flexibility index (Phi) is 5.27. The third-order valence-electron chi connectivity index (χ3n) is 4.53. The van der Waals surface area contributed by atoms with Gasteiger partial charge in [-0.05, 0) is 30.7 Å². The summed E-state index contributed by atoms with van der Waals surface area (Å²) in [6, 6.07) is 12.4. The van der Waals surface area contributed by atoms with Crippen molar-refractivity contribution < 1.29 is 22.3 Å². The van der Waals surface area contributed by atoms with Crippen molar-refractivity contribution in [3.63, 3.8) is 0 Å². The smallest absolute Gasteiger partial charge is 0.254 e.